The maximum absolute atomic E-state index is 5.02. The maximum Gasteiger partial charge on any atom is 0.129 e. The van der Waals surface area contributed by atoms with Gasteiger partial charge in [0.2, 0.25) is 0 Å². The monoisotopic (exact) mass is 360 g/mol. The van der Waals surface area contributed by atoms with E-state index in [9.17, 15) is 0 Å². The number of hydrogen-bond acceptors (Lipinski definition) is 2. The van der Waals surface area contributed by atoms with Gasteiger partial charge in [0.25, 0.3) is 0 Å². The normalized spacial score (nSPS) is 21.0. The molecule has 0 bridgehead atoms. The quantitative estimate of drug-likeness (QED) is 0.588. The highest BCUT2D eigenvalue weighted by atomic mass is 15.2. The Balaban J connectivity index is 1.70. The van der Waals surface area contributed by atoms with Crippen LogP contribution in [-0.2, 0) is 10.8 Å². The lowest BCUT2D eigenvalue weighted by molar-refractivity contribution is 0.332. The lowest BCUT2D eigenvalue weighted by atomic mass is 9.63. The molecule has 2 nitrogen and oxygen atoms in total. The fourth-order valence-electron chi connectivity index (χ4n) is 4.56. The summed E-state index contributed by atoms with van der Waals surface area (Å²) in [5, 5.41) is 0. The molecular formula is C25H32N2. The van der Waals surface area contributed by atoms with E-state index in [2.05, 4.69) is 75.6 Å². The van der Waals surface area contributed by atoms with Crippen LogP contribution < -0.4 is 4.90 Å². The molecule has 27 heavy (non-hydrogen) atoms. The van der Waals surface area contributed by atoms with Crippen molar-refractivity contribution in [1.82, 2.24) is 4.98 Å². The zero-order valence-corrected chi connectivity index (χ0v) is 17.3. The molecule has 2 heteroatoms. The van der Waals surface area contributed by atoms with Gasteiger partial charge in [-0.15, -0.1) is 0 Å². The number of benzene rings is 1. The Morgan fingerprint density at radius 2 is 1.56 bits per heavy atom. The predicted octanol–water partition coefficient (Wildman–Crippen LogP) is 6.25. The summed E-state index contributed by atoms with van der Waals surface area (Å²) in [7, 11) is 0. The molecule has 0 saturated carbocycles. The molecule has 0 N–H and O–H groups in total. The second kappa shape index (κ2) is 6.51. The molecule has 2 aliphatic rings. The van der Waals surface area contributed by atoms with E-state index in [0.717, 1.165) is 37.4 Å². The molecule has 0 spiro atoms. The van der Waals surface area contributed by atoms with Gasteiger partial charge in [0.1, 0.15) is 5.82 Å². The van der Waals surface area contributed by atoms with Crippen molar-refractivity contribution in [2.24, 2.45) is 0 Å². The summed E-state index contributed by atoms with van der Waals surface area (Å²) in [6, 6.07) is 13.5. The zero-order chi connectivity index (χ0) is 19.2. The first kappa shape index (κ1) is 18.3. The highest BCUT2D eigenvalue weighted by Crippen LogP contribution is 2.46. The van der Waals surface area contributed by atoms with Crippen LogP contribution in [0.15, 0.2) is 48.6 Å². The first-order valence-electron chi connectivity index (χ1n) is 10.3. The standard InChI is InChI=1S/C25H32N2/c1-18-11-15-27(16-12-18)23-8-6-7-22(26-23)19-9-10-20-21(17-19)25(4,5)14-13-24(20,2)3/h6-10,17H,1,11-16H2,2-5H3. The number of nitrogens with zero attached hydrogens (tertiary/aromatic N) is 2. The Bertz CT molecular complexity index is 866. The van der Waals surface area contributed by atoms with Crippen LogP contribution in [0.25, 0.3) is 11.3 Å². The highest BCUT2D eigenvalue weighted by molar-refractivity contribution is 5.65. The van der Waals surface area contributed by atoms with E-state index >= 15 is 0 Å². The van der Waals surface area contributed by atoms with E-state index in [1.165, 1.54) is 35.1 Å². The fourth-order valence-corrected chi connectivity index (χ4v) is 4.56. The number of aromatic nitrogens is 1. The van der Waals surface area contributed by atoms with Crippen LogP contribution in [0.5, 0.6) is 0 Å². The minimum atomic E-state index is 0.228. The minimum absolute atomic E-state index is 0.228. The Morgan fingerprint density at radius 3 is 2.26 bits per heavy atom. The number of anilines is 1. The Morgan fingerprint density at radius 1 is 0.889 bits per heavy atom. The van der Waals surface area contributed by atoms with Crippen LogP contribution in [0.2, 0.25) is 0 Å². The molecule has 142 valence electrons. The predicted molar refractivity (Wildman–Crippen MR) is 116 cm³/mol. The molecule has 0 amide bonds. The van der Waals surface area contributed by atoms with Crippen molar-refractivity contribution in [3.63, 3.8) is 0 Å². The summed E-state index contributed by atoms with van der Waals surface area (Å²) in [6.07, 6.45) is 4.64. The Hall–Kier alpha value is -2.09. The fraction of sp³-hybridized carbons (Fsp3) is 0.480. The minimum Gasteiger partial charge on any atom is -0.356 e. The molecule has 1 aromatic heterocycles. The molecule has 0 unspecified atom stereocenters. The van der Waals surface area contributed by atoms with Crippen molar-refractivity contribution in [3.05, 3.63) is 59.7 Å². The van der Waals surface area contributed by atoms with Gasteiger partial charge in [-0.3, -0.25) is 0 Å². The van der Waals surface area contributed by atoms with Crippen LogP contribution in [0.4, 0.5) is 5.82 Å². The summed E-state index contributed by atoms with van der Waals surface area (Å²) in [4.78, 5) is 7.41. The Labute approximate surface area is 164 Å². The topological polar surface area (TPSA) is 16.1 Å². The van der Waals surface area contributed by atoms with E-state index < -0.39 is 0 Å². The van der Waals surface area contributed by atoms with E-state index in [1.54, 1.807) is 0 Å². The SMILES string of the molecule is C=C1CCN(c2cccc(-c3ccc4c(c3)C(C)(C)CCC4(C)C)n2)CC1. The second-order valence-electron chi connectivity index (χ2n) is 9.65. The van der Waals surface area contributed by atoms with Crippen molar-refractivity contribution < 1.29 is 0 Å². The largest absolute Gasteiger partial charge is 0.356 e. The average Bonchev–Trinajstić information content (AvgIpc) is 2.66. The summed E-state index contributed by atoms with van der Waals surface area (Å²) < 4.78 is 0. The van der Waals surface area contributed by atoms with Gasteiger partial charge in [0.05, 0.1) is 5.69 Å². The van der Waals surface area contributed by atoms with Gasteiger partial charge >= 0.3 is 0 Å². The van der Waals surface area contributed by atoms with Crippen molar-refractivity contribution in [3.8, 4) is 11.3 Å². The lowest BCUT2D eigenvalue weighted by Gasteiger charge is -2.42. The van der Waals surface area contributed by atoms with Crippen LogP contribution in [0, 0.1) is 0 Å². The van der Waals surface area contributed by atoms with Gasteiger partial charge in [-0.05, 0) is 65.8 Å². The number of piperidine rings is 1. The van der Waals surface area contributed by atoms with Crippen LogP contribution in [-0.4, -0.2) is 18.1 Å². The van der Waals surface area contributed by atoms with Crippen molar-refractivity contribution in [2.45, 2.75) is 64.2 Å². The zero-order valence-electron chi connectivity index (χ0n) is 17.3. The maximum atomic E-state index is 5.02. The Kier molecular flexibility index (Phi) is 4.41. The van der Waals surface area contributed by atoms with Gasteiger partial charge in [-0.2, -0.15) is 0 Å². The first-order chi connectivity index (χ1) is 12.8. The molecule has 0 atom stereocenters. The molecule has 2 heterocycles. The van der Waals surface area contributed by atoms with Crippen LogP contribution >= 0.6 is 0 Å². The molecule has 1 fully saturated rings. The second-order valence-corrected chi connectivity index (χ2v) is 9.65. The third kappa shape index (κ3) is 3.42. The average molecular weight is 361 g/mol. The first-order valence-corrected chi connectivity index (χ1v) is 10.3. The van der Waals surface area contributed by atoms with Gasteiger partial charge in [0, 0.05) is 18.7 Å². The highest BCUT2D eigenvalue weighted by Gasteiger charge is 2.37. The molecule has 1 aliphatic heterocycles. The number of hydrogen-bond donors (Lipinski definition) is 0. The van der Waals surface area contributed by atoms with Crippen molar-refractivity contribution in [2.75, 3.05) is 18.0 Å². The summed E-state index contributed by atoms with van der Waals surface area (Å²) in [5.74, 6) is 1.09. The molecule has 0 radical (unpaired) electrons. The van der Waals surface area contributed by atoms with Crippen molar-refractivity contribution >= 4 is 5.82 Å². The molecule has 1 aromatic carbocycles. The molecular weight excluding hydrogens is 328 g/mol. The third-order valence-electron chi connectivity index (χ3n) is 6.68. The number of fused-ring (bicyclic) bond motifs is 1. The third-order valence-corrected chi connectivity index (χ3v) is 6.68. The van der Waals surface area contributed by atoms with Crippen LogP contribution in [0.1, 0.15) is 64.5 Å². The smallest absolute Gasteiger partial charge is 0.129 e. The van der Waals surface area contributed by atoms with Crippen LogP contribution in [0.3, 0.4) is 0 Å². The van der Waals surface area contributed by atoms with Gasteiger partial charge in [-0.1, -0.05) is 58.0 Å². The molecule has 1 aliphatic carbocycles. The van der Waals surface area contributed by atoms with E-state index in [1.807, 2.05) is 0 Å². The number of pyridine rings is 1. The summed E-state index contributed by atoms with van der Waals surface area (Å²) in [5.41, 5.74) is 7.18. The van der Waals surface area contributed by atoms with E-state index in [-0.39, 0.29) is 10.8 Å². The summed E-state index contributed by atoms with van der Waals surface area (Å²) in [6.45, 7) is 15.7. The number of rotatable bonds is 2. The molecule has 2 aromatic rings. The van der Waals surface area contributed by atoms with Crippen molar-refractivity contribution in [1.29, 1.82) is 0 Å². The molecule has 4 rings (SSSR count). The van der Waals surface area contributed by atoms with Gasteiger partial charge in [0.15, 0.2) is 0 Å². The van der Waals surface area contributed by atoms with Gasteiger partial charge < -0.3 is 4.90 Å². The van der Waals surface area contributed by atoms with E-state index in [4.69, 9.17) is 4.98 Å². The van der Waals surface area contributed by atoms with Gasteiger partial charge in [-0.25, -0.2) is 4.98 Å². The van der Waals surface area contributed by atoms with E-state index in [0.29, 0.717) is 0 Å². The summed E-state index contributed by atoms with van der Waals surface area (Å²) >= 11 is 0. The molecule has 1 saturated heterocycles. The lowest BCUT2D eigenvalue weighted by Crippen LogP contribution is -2.33.